The third kappa shape index (κ3) is 2.49. The number of nitrogens with one attached hydrogen (secondary N) is 1. The molecule has 0 aliphatic carbocycles. The van der Waals surface area contributed by atoms with E-state index in [1.165, 1.54) is 18.6 Å². The second-order valence-corrected chi connectivity index (χ2v) is 4.31. The highest BCUT2D eigenvalue weighted by Gasteiger charge is 2.39. The van der Waals surface area contributed by atoms with Gasteiger partial charge >= 0.3 is 0 Å². The zero-order valence-corrected chi connectivity index (χ0v) is 10.3. The van der Waals surface area contributed by atoms with Crippen LogP contribution < -0.4 is 11.1 Å². The van der Waals surface area contributed by atoms with Gasteiger partial charge in [-0.25, -0.2) is 0 Å². The van der Waals surface area contributed by atoms with Crippen LogP contribution in [0.15, 0.2) is 23.0 Å². The molecular formula is C12H18N2O3. The summed E-state index contributed by atoms with van der Waals surface area (Å²) in [5, 5.41) is 2.71. The van der Waals surface area contributed by atoms with Crippen LogP contribution in [0.2, 0.25) is 0 Å². The summed E-state index contributed by atoms with van der Waals surface area (Å²) in [5.74, 6) is -0.958. The van der Waals surface area contributed by atoms with Gasteiger partial charge in [0, 0.05) is 0 Å². The Morgan fingerprint density at radius 2 is 2.18 bits per heavy atom. The molecular weight excluding hydrogens is 220 g/mol. The van der Waals surface area contributed by atoms with Gasteiger partial charge in [0.2, 0.25) is 5.91 Å². The molecule has 2 amide bonds. The molecule has 94 valence electrons. The molecule has 17 heavy (non-hydrogen) atoms. The highest BCUT2D eigenvalue weighted by molar-refractivity contribution is 5.98. The van der Waals surface area contributed by atoms with Crippen molar-refractivity contribution in [3.63, 3.8) is 0 Å². The summed E-state index contributed by atoms with van der Waals surface area (Å²) in [5.41, 5.74) is 4.77. The molecule has 1 aromatic heterocycles. The van der Waals surface area contributed by atoms with Crippen LogP contribution in [0, 0.1) is 5.92 Å². The zero-order valence-electron chi connectivity index (χ0n) is 10.3. The average molecular weight is 238 g/mol. The van der Waals surface area contributed by atoms with Crippen molar-refractivity contribution in [2.45, 2.75) is 32.7 Å². The maximum absolute atomic E-state index is 11.9. The monoisotopic (exact) mass is 238 g/mol. The minimum absolute atomic E-state index is 0.0825. The van der Waals surface area contributed by atoms with Crippen molar-refractivity contribution in [3.8, 4) is 0 Å². The van der Waals surface area contributed by atoms with Crippen LogP contribution >= 0.6 is 0 Å². The highest BCUT2D eigenvalue weighted by Crippen LogP contribution is 2.21. The number of rotatable bonds is 5. The predicted octanol–water partition coefficient (Wildman–Crippen LogP) is 1.30. The zero-order chi connectivity index (χ0) is 13.1. The van der Waals surface area contributed by atoms with Crippen LogP contribution in [0.25, 0.3) is 0 Å². The molecule has 0 saturated carbocycles. The fraction of sp³-hybridized carbons (Fsp3) is 0.500. The molecule has 5 nitrogen and oxygen atoms in total. The molecule has 0 saturated heterocycles. The third-order valence-electron chi connectivity index (χ3n) is 3.10. The first-order valence-electron chi connectivity index (χ1n) is 5.58. The van der Waals surface area contributed by atoms with Gasteiger partial charge in [0.15, 0.2) is 0 Å². The Morgan fingerprint density at radius 1 is 1.53 bits per heavy atom. The Hall–Kier alpha value is -1.78. The van der Waals surface area contributed by atoms with Crippen molar-refractivity contribution >= 4 is 11.8 Å². The number of carbonyl (C=O) groups excluding carboxylic acids is 2. The molecule has 1 rings (SSSR count). The highest BCUT2D eigenvalue weighted by atomic mass is 16.3. The van der Waals surface area contributed by atoms with Gasteiger partial charge in [0.1, 0.15) is 11.8 Å². The van der Waals surface area contributed by atoms with Crippen molar-refractivity contribution in [2.24, 2.45) is 11.7 Å². The first-order valence-corrected chi connectivity index (χ1v) is 5.58. The molecule has 0 unspecified atom stereocenters. The van der Waals surface area contributed by atoms with Gasteiger partial charge in [-0.2, -0.15) is 0 Å². The maximum atomic E-state index is 11.9. The maximum Gasteiger partial charge on any atom is 0.255 e. The van der Waals surface area contributed by atoms with E-state index in [9.17, 15) is 9.59 Å². The Balaban J connectivity index is 2.95. The minimum atomic E-state index is -1.02. The molecule has 1 atom stereocenters. The first-order chi connectivity index (χ1) is 7.94. The smallest absolute Gasteiger partial charge is 0.255 e. The van der Waals surface area contributed by atoms with Crippen molar-refractivity contribution in [2.75, 3.05) is 0 Å². The second-order valence-electron chi connectivity index (χ2n) is 4.31. The predicted molar refractivity (Wildman–Crippen MR) is 63.2 cm³/mol. The molecule has 5 heteroatoms. The summed E-state index contributed by atoms with van der Waals surface area (Å²) in [6, 6.07) is 1.54. The molecule has 0 spiro atoms. The Labute approximate surface area is 100 Å². The lowest BCUT2D eigenvalue weighted by Crippen LogP contribution is -2.60. The lowest BCUT2D eigenvalue weighted by Gasteiger charge is -2.34. The van der Waals surface area contributed by atoms with Crippen molar-refractivity contribution in [1.82, 2.24) is 5.32 Å². The van der Waals surface area contributed by atoms with Gasteiger partial charge in [0.05, 0.1) is 11.8 Å². The molecule has 3 N–H and O–H groups in total. The summed E-state index contributed by atoms with van der Waals surface area (Å²) in [6.45, 7) is 5.52. The Morgan fingerprint density at radius 3 is 2.53 bits per heavy atom. The molecule has 0 radical (unpaired) electrons. The van der Waals surface area contributed by atoms with Crippen molar-refractivity contribution in [1.29, 1.82) is 0 Å². The third-order valence-corrected chi connectivity index (χ3v) is 3.10. The van der Waals surface area contributed by atoms with E-state index in [-0.39, 0.29) is 11.8 Å². The number of furan rings is 1. The minimum Gasteiger partial charge on any atom is -0.472 e. The van der Waals surface area contributed by atoms with Gasteiger partial charge in [-0.15, -0.1) is 0 Å². The van der Waals surface area contributed by atoms with Crippen LogP contribution in [0.4, 0.5) is 0 Å². The molecule has 0 aromatic carbocycles. The Kier molecular flexibility index (Phi) is 3.93. The standard InChI is InChI=1S/C12H18N2O3/c1-4-12(8(2)3,11(13)16)14-10(15)9-5-6-17-7-9/h5-8H,4H2,1-3H3,(H2,13,16)(H,14,15)/t12-/m0/s1. The first kappa shape index (κ1) is 13.3. The molecule has 0 aliphatic heterocycles. The fourth-order valence-electron chi connectivity index (χ4n) is 1.83. The van der Waals surface area contributed by atoms with E-state index < -0.39 is 11.4 Å². The van der Waals surface area contributed by atoms with Gasteiger partial charge in [-0.05, 0) is 18.4 Å². The topological polar surface area (TPSA) is 85.3 Å². The van der Waals surface area contributed by atoms with Crippen LogP contribution in [0.1, 0.15) is 37.6 Å². The summed E-state index contributed by atoms with van der Waals surface area (Å²) in [6.07, 6.45) is 3.18. The van der Waals surface area contributed by atoms with E-state index in [4.69, 9.17) is 10.2 Å². The van der Waals surface area contributed by atoms with E-state index in [0.717, 1.165) is 0 Å². The Bertz CT molecular complexity index is 398. The van der Waals surface area contributed by atoms with E-state index in [2.05, 4.69) is 5.32 Å². The van der Waals surface area contributed by atoms with E-state index in [1.54, 1.807) is 0 Å². The molecule has 0 fully saturated rings. The van der Waals surface area contributed by atoms with Gasteiger partial charge in [-0.1, -0.05) is 20.8 Å². The van der Waals surface area contributed by atoms with Gasteiger partial charge in [-0.3, -0.25) is 9.59 Å². The van der Waals surface area contributed by atoms with Crippen LogP contribution in [-0.4, -0.2) is 17.4 Å². The largest absolute Gasteiger partial charge is 0.472 e. The van der Waals surface area contributed by atoms with Crippen LogP contribution in [0.3, 0.4) is 0 Å². The van der Waals surface area contributed by atoms with E-state index in [1.807, 2.05) is 20.8 Å². The fourth-order valence-corrected chi connectivity index (χ4v) is 1.83. The summed E-state index contributed by atoms with van der Waals surface area (Å²) in [4.78, 5) is 23.5. The quantitative estimate of drug-likeness (QED) is 0.810. The number of carbonyl (C=O) groups is 2. The van der Waals surface area contributed by atoms with Crippen LogP contribution in [0.5, 0.6) is 0 Å². The number of primary amides is 1. The van der Waals surface area contributed by atoms with Gasteiger partial charge < -0.3 is 15.5 Å². The average Bonchev–Trinajstić information content (AvgIpc) is 2.77. The lowest BCUT2D eigenvalue weighted by molar-refractivity contribution is -0.126. The molecule has 1 aromatic rings. The number of amides is 2. The number of nitrogens with two attached hydrogens (primary N) is 1. The van der Waals surface area contributed by atoms with Crippen molar-refractivity contribution < 1.29 is 14.0 Å². The van der Waals surface area contributed by atoms with Crippen molar-refractivity contribution in [3.05, 3.63) is 24.2 Å². The number of hydrogen-bond donors (Lipinski definition) is 2. The summed E-state index contributed by atoms with van der Waals surface area (Å²) < 4.78 is 4.83. The molecule has 0 aliphatic rings. The summed E-state index contributed by atoms with van der Waals surface area (Å²) in [7, 11) is 0. The lowest BCUT2D eigenvalue weighted by atomic mass is 9.83. The van der Waals surface area contributed by atoms with Gasteiger partial charge in [0.25, 0.3) is 5.91 Å². The molecule has 0 bridgehead atoms. The number of hydrogen-bond acceptors (Lipinski definition) is 3. The normalized spacial score (nSPS) is 14.4. The van der Waals surface area contributed by atoms with Crippen LogP contribution in [-0.2, 0) is 4.79 Å². The summed E-state index contributed by atoms with van der Waals surface area (Å²) >= 11 is 0. The SMILES string of the molecule is CC[C@@](NC(=O)c1ccoc1)(C(N)=O)C(C)C. The molecule has 1 heterocycles. The second kappa shape index (κ2) is 5.03. The van der Waals surface area contributed by atoms with E-state index >= 15 is 0 Å². The van der Waals surface area contributed by atoms with E-state index in [0.29, 0.717) is 12.0 Å².